The Labute approximate surface area is 153 Å². The molecule has 2 heterocycles. The number of nitrogens with one attached hydrogen (secondary N) is 1. The first-order valence-corrected chi connectivity index (χ1v) is 8.10. The summed E-state index contributed by atoms with van der Waals surface area (Å²) in [6.07, 6.45) is 2.94. The third-order valence-electron chi connectivity index (χ3n) is 4.01. The van der Waals surface area contributed by atoms with Crippen LogP contribution in [0.4, 0.5) is 8.78 Å². The van der Waals surface area contributed by atoms with E-state index in [0.29, 0.717) is 0 Å². The number of amides is 1. The molecule has 1 unspecified atom stereocenters. The zero-order valence-corrected chi connectivity index (χ0v) is 14.8. The van der Waals surface area contributed by atoms with E-state index in [0.717, 1.165) is 17.8 Å². The van der Waals surface area contributed by atoms with Crippen LogP contribution in [0.3, 0.4) is 0 Å². The number of nitrogens with zero attached hydrogens (tertiary/aromatic N) is 5. The number of carbonyl (C=O) groups is 1. The van der Waals surface area contributed by atoms with Gasteiger partial charge in [-0.3, -0.25) is 9.48 Å². The van der Waals surface area contributed by atoms with Crippen LogP contribution in [-0.4, -0.2) is 44.4 Å². The number of benzene rings is 1. The molecule has 3 rings (SSSR count). The normalized spacial score (nSPS) is 12.1. The van der Waals surface area contributed by atoms with Gasteiger partial charge < -0.3 is 10.1 Å². The molecule has 0 radical (unpaired) electrons. The monoisotopic (exact) mass is 376 g/mol. The predicted molar refractivity (Wildman–Crippen MR) is 90.8 cm³/mol. The second kappa shape index (κ2) is 8.04. The van der Waals surface area contributed by atoms with Crippen LogP contribution in [0.15, 0.2) is 36.7 Å². The van der Waals surface area contributed by atoms with E-state index in [-0.39, 0.29) is 24.4 Å². The third-order valence-corrected chi connectivity index (χ3v) is 4.01. The van der Waals surface area contributed by atoms with Crippen molar-refractivity contribution in [2.24, 2.45) is 7.05 Å². The van der Waals surface area contributed by atoms with Crippen molar-refractivity contribution < 1.29 is 18.3 Å². The largest absolute Gasteiger partial charge is 0.382 e. The molecule has 0 bridgehead atoms. The Balaban J connectivity index is 1.73. The highest BCUT2D eigenvalue weighted by molar-refractivity contribution is 5.92. The van der Waals surface area contributed by atoms with Crippen molar-refractivity contribution in [3.8, 4) is 0 Å². The molecule has 8 nitrogen and oxygen atoms in total. The minimum atomic E-state index is -0.687. The lowest BCUT2D eigenvalue weighted by atomic mass is 10.2. The fraction of sp³-hybridized carbons (Fsp3) is 0.294. The lowest BCUT2D eigenvalue weighted by molar-refractivity contribution is 0.0887. The van der Waals surface area contributed by atoms with E-state index < -0.39 is 23.6 Å². The smallest absolute Gasteiger partial charge is 0.274 e. The highest BCUT2D eigenvalue weighted by atomic mass is 19.1. The molecule has 10 heteroatoms. The fourth-order valence-electron chi connectivity index (χ4n) is 2.65. The van der Waals surface area contributed by atoms with Crippen LogP contribution in [0.5, 0.6) is 0 Å². The molecule has 3 aromatic rings. The zero-order valence-electron chi connectivity index (χ0n) is 14.8. The zero-order chi connectivity index (χ0) is 19.4. The minimum absolute atomic E-state index is 0.0232. The molecule has 1 N–H and O–H groups in total. The Bertz CT molecular complexity index is 919. The molecule has 1 amide bonds. The summed E-state index contributed by atoms with van der Waals surface area (Å²) in [6.45, 7) is 0.0574. The predicted octanol–water partition coefficient (Wildman–Crippen LogP) is 1.46. The molecular weight excluding hydrogens is 358 g/mol. The van der Waals surface area contributed by atoms with Crippen molar-refractivity contribution in [2.45, 2.75) is 12.6 Å². The maximum Gasteiger partial charge on any atom is 0.274 e. The number of methoxy groups -OCH3 is 1. The van der Waals surface area contributed by atoms with Crippen LogP contribution in [0.2, 0.25) is 0 Å². The molecule has 0 spiro atoms. The Morgan fingerprint density at radius 2 is 2.04 bits per heavy atom. The summed E-state index contributed by atoms with van der Waals surface area (Å²) < 4.78 is 35.5. The van der Waals surface area contributed by atoms with E-state index in [9.17, 15) is 13.6 Å². The Morgan fingerprint density at radius 3 is 2.67 bits per heavy atom. The van der Waals surface area contributed by atoms with Crippen molar-refractivity contribution in [3.05, 3.63) is 65.2 Å². The van der Waals surface area contributed by atoms with Gasteiger partial charge in [0.1, 0.15) is 11.6 Å². The summed E-state index contributed by atoms with van der Waals surface area (Å²) in [6, 6.07) is 4.92. The van der Waals surface area contributed by atoms with E-state index in [2.05, 4.69) is 20.7 Å². The molecule has 0 saturated carbocycles. The van der Waals surface area contributed by atoms with E-state index in [4.69, 9.17) is 4.74 Å². The van der Waals surface area contributed by atoms with Gasteiger partial charge in [0, 0.05) is 25.9 Å². The Kier molecular flexibility index (Phi) is 5.55. The molecule has 0 aliphatic heterocycles. The van der Waals surface area contributed by atoms with E-state index in [1.165, 1.54) is 24.1 Å². The van der Waals surface area contributed by atoms with Gasteiger partial charge in [-0.25, -0.2) is 13.5 Å². The van der Waals surface area contributed by atoms with Gasteiger partial charge in [0.2, 0.25) is 0 Å². The van der Waals surface area contributed by atoms with Crippen molar-refractivity contribution in [1.82, 2.24) is 30.1 Å². The average molecular weight is 376 g/mol. The van der Waals surface area contributed by atoms with Gasteiger partial charge in [0.25, 0.3) is 5.91 Å². The lowest BCUT2D eigenvalue weighted by Crippen LogP contribution is -2.32. The van der Waals surface area contributed by atoms with Crippen LogP contribution in [0.25, 0.3) is 0 Å². The Morgan fingerprint density at radius 1 is 1.30 bits per heavy atom. The number of aromatic nitrogens is 5. The van der Waals surface area contributed by atoms with Crippen LogP contribution < -0.4 is 5.32 Å². The first-order valence-electron chi connectivity index (χ1n) is 8.10. The summed E-state index contributed by atoms with van der Waals surface area (Å²) in [5, 5.41) is 14.4. The lowest BCUT2D eigenvalue weighted by Gasteiger charge is -2.17. The summed E-state index contributed by atoms with van der Waals surface area (Å²) in [7, 11) is 3.28. The fourth-order valence-corrected chi connectivity index (χ4v) is 2.65. The second-order valence-corrected chi connectivity index (χ2v) is 5.86. The Hall–Kier alpha value is -3.14. The van der Waals surface area contributed by atoms with Gasteiger partial charge in [0.15, 0.2) is 5.69 Å². The second-order valence-electron chi connectivity index (χ2n) is 5.86. The maximum absolute atomic E-state index is 13.8. The number of carbonyl (C=O) groups excluding carboxylic acids is 1. The van der Waals surface area contributed by atoms with Gasteiger partial charge in [-0.2, -0.15) is 5.10 Å². The van der Waals surface area contributed by atoms with Gasteiger partial charge in [-0.15, -0.1) is 5.10 Å². The molecule has 0 aliphatic rings. The van der Waals surface area contributed by atoms with Gasteiger partial charge in [0.05, 0.1) is 31.1 Å². The highest BCUT2D eigenvalue weighted by Gasteiger charge is 2.21. The van der Waals surface area contributed by atoms with Gasteiger partial charge in [-0.05, 0) is 18.2 Å². The molecule has 27 heavy (non-hydrogen) atoms. The minimum Gasteiger partial charge on any atom is -0.382 e. The van der Waals surface area contributed by atoms with Crippen molar-refractivity contribution >= 4 is 5.91 Å². The molecule has 2 aromatic heterocycles. The number of rotatable bonds is 7. The standard InChI is InChI=1S/C17H18F2N6O2/c1-24-16(6-7-20-24)15(10-27-2)21-17(26)14-9-25(23-22-14)8-11-12(18)4-3-5-13(11)19/h3-7,9,15H,8,10H2,1-2H3,(H,21,26). The van der Waals surface area contributed by atoms with Crippen LogP contribution in [0.1, 0.15) is 27.8 Å². The van der Waals surface area contributed by atoms with E-state index >= 15 is 0 Å². The molecule has 0 aliphatic carbocycles. The van der Waals surface area contributed by atoms with Crippen molar-refractivity contribution in [3.63, 3.8) is 0 Å². The summed E-state index contributed by atoms with van der Waals surface area (Å²) in [5.41, 5.74) is 0.627. The first kappa shape index (κ1) is 18.6. The van der Waals surface area contributed by atoms with Crippen LogP contribution in [-0.2, 0) is 18.3 Å². The topological polar surface area (TPSA) is 86.9 Å². The van der Waals surface area contributed by atoms with Crippen LogP contribution in [0, 0.1) is 11.6 Å². The van der Waals surface area contributed by atoms with Gasteiger partial charge >= 0.3 is 0 Å². The number of aryl methyl sites for hydroxylation is 1. The number of halogens is 2. The number of hydrogen-bond donors (Lipinski definition) is 1. The van der Waals surface area contributed by atoms with Crippen molar-refractivity contribution in [1.29, 1.82) is 0 Å². The number of hydrogen-bond acceptors (Lipinski definition) is 5. The van der Waals surface area contributed by atoms with Gasteiger partial charge in [-0.1, -0.05) is 11.3 Å². The SMILES string of the molecule is COCC(NC(=O)c1cn(Cc2c(F)cccc2F)nn1)c1ccnn1C. The molecule has 0 fully saturated rings. The molecule has 1 aromatic carbocycles. The molecular formula is C17H18F2N6O2. The quantitative estimate of drug-likeness (QED) is 0.675. The summed E-state index contributed by atoms with van der Waals surface area (Å²) in [5.74, 6) is -1.86. The highest BCUT2D eigenvalue weighted by Crippen LogP contribution is 2.15. The van der Waals surface area contributed by atoms with E-state index in [1.54, 1.807) is 24.0 Å². The van der Waals surface area contributed by atoms with E-state index in [1.807, 2.05) is 0 Å². The molecule has 0 saturated heterocycles. The molecule has 1 atom stereocenters. The number of ether oxygens (including phenoxy) is 1. The van der Waals surface area contributed by atoms with Crippen LogP contribution >= 0.6 is 0 Å². The van der Waals surface area contributed by atoms with Crippen molar-refractivity contribution in [2.75, 3.05) is 13.7 Å². The summed E-state index contributed by atoms with van der Waals surface area (Å²) in [4.78, 5) is 12.5. The summed E-state index contributed by atoms with van der Waals surface area (Å²) >= 11 is 0. The average Bonchev–Trinajstić information content (AvgIpc) is 3.27. The molecule has 142 valence electrons. The first-order chi connectivity index (χ1) is 13.0. The maximum atomic E-state index is 13.8. The third kappa shape index (κ3) is 4.17.